The fraction of sp³-hybridized carbons (Fsp3) is 0.900. The quantitative estimate of drug-likeness (QED) is 0.426. The highest BCUT2D eigenvalue weighted by Crippen LogP contribution is 2.05. The Morgan fingerprint density at radius 1 is 1.22 bits per heavy atom. The molecule has 18 heavy (non-hydrogen) atoms. The van der Waals surface area contributed by atoms with E-state index in [9.17, 15) is 8.42 Å². The van der Waals surface area contributed by atoms with Crippen LogP contribution in [0.25, 0.3) is 0 Å². The molecule has 108 valence electrons. The third kappa shape index (κ3) is 7.93. The van der Waals surface area contributed by atoms with Crippen molar-refractivity contribution in [3.05, 3.63) is 0 Å². The predicted molar refractivity (Wildman–Crippen MR) is 75.1 cm³/mol. The van der Waals surface area contributed by atoms with Crippen LogP contribution in [-0.4, -0.2) is 64.0 Å². The summed E-state index contributed by atoms with van der Waals surface area (Å²) >= 11 is 4.76. The number of methoxy groups -OCH3 is 2. The van der Waals surface area contributed by atoms with Crippen molar-refractivity contribution in [2.75, 3.05) is 46.3 Å². The van der Waals surface area contributed by atoms with E-state index in [2.05, 4.69) is 0 Å². The van der Waals surface area contributed by atoms with E-state index in [-0.39, 0.29) is 5.75 Å². The summed E-state index contributed by atoms with van der Waals surface area (Å²) in [6.45, 7) is 1.38. The van der Waals surface area contributed by atoms with E-state index in [4.69, 9.17) is 27.4 Å². The fourth-order valence-corrected chi connectivity index (χ4v) is 2.89. The minimum absolute atomic E-state index is 0.0574. The zero-order valence-electron chi connectivity index (χ0n) is 10.9. The molecule has 0 aromatic heterocycles. The first-order chi connectivity index (χ1) is 8.44. The average molecular weight is 298 g/mol. The molecule has 2 N–H and O–H groups in total. The summed E-state index contributed by atoms with van der Waals surface area (Å²) in [5.41, 5.74) is 5.39. The van der Waals surface area contributed by atoms with Crippen molar-refractivity contribution in [2.45, 2.75) is 12.8 Å². The number of nitrogens with two attached hydrogens (primary N) is 1. The van der Waals surface area contributed by atoms with Gasteiger partial charge in [-0.2, -0.15) is 4.31 Å². The van der Waals surface area contributed by atoms with Crippen LogP contribution in [0.2, 0.25) is 0 Å². The van der Waals surface area contributed by atoms with E-state index in [1.807, 2.05) is 0 Å². The monoisotopic (exact) mass is 298 g/mol. The first-order valence-corrected chi connectivity index (χ1v) is 7.69. The lowest BCUT2D eigenvalue weighted by atomic mass is 10.4. The van der Waals surface area contributed by atoms with Gasteiger partial charge in [0.05, 0.1) is 17.3 Å². The Balaban J connectivity index is 4.44. The molecule has 0 unspecified atom stereocenters. The lowest BCUT2D eigenvalue weighted by Gasteiger charge is -2.21. The van der Waals surface area contributed by atoms with E-state index in [1.165, 1.54) is 11.4 Å². The zero-order valence-corrected chi connectivity index (χ0v) is 12.6. The SMILES string of the molecule is COCCCS(=O)(=O)N(CCOC)CCC(N)=S. The number of rotatable bonds is 11. The Morgan fingerprint density at radius 2 is 1.83 bits per heavy atom. The second-order valence-electron chi connectivity index (χ2n) is 3.77. The van der Waals surface area contributed by atoms with Gasteiger partial charge in [0.25, 0.3) is 0 Å². The van der Waals surface area contributed by atoms with Gasteiger partial charge in [-0.15, -0.1) is 0 Å². The molecule has 0 aromatic carbocycles. The van der Waals surface area contributed by atoms with Gasteiger partial charge in [-0.1, -0.05) is 12.2 Å². The number of hydrogen-bond acceptors (Lipinski definition) is 5. The van der Waals surface area contributed by atoms with Crippen LogP contribution >= 0.6 is 12.2 Å². The van der Waals surface area contributed by atoms with E-state index >= 15 is 0 Å². The van der Waals surface area contributed by atoms with E-state index < -0.39 is 10.0 Å². The van der Waals surface area contributed by atoms with Crippen molar-refractivity contribution in [1.82, 2.24) is 4.31 Å². The molecule has 0 heterocycles. The minimum atomic E-state index is -3.30. The molecular formula is C10H22N2O4S2. The summed E-state index contributed by atoms with van der Waals surface area (Å²) in [6, 6.07) is 0. The molecule has 0 aliphatic carbocycles. The Labute approximate surface area is 114 Å². The molecule has 0 amide bonds. The molecule has 0 aliphatic heterocycles. The molecule has 6 nitrogen and oxygen atoms in total. The molecule has 0 aliphatic rings. The predicted octanol–water partition coefficient (Wildman–Crippen LogP) is -0.0227. The van der Waals surface area contributed by atoms with Crippen molar-refractivity contribution in [3.63, 3.8) is 0 Å². The molecule has 0 aromatic rings. The molecule has 0 radical (unpaired) electrons. The topological polar surface area (TPSA) is 81.9 Å². The van der Waals surface area contributed by atoms with Gasteiger partial charge in [-0.3, -0.25) is 0 Å². The largest absolute Gasteiger partial charge is 0.393 e. The molecule has 0 bridgehead atoms. The van der Waals surface area contributed by atoms with E-state index in [0.717, 1.165) is 0 Å². The molecule has 0 fully saturated rings. The van der Waals surface area contributed by atoms with Crippen LogP contribution in [0.3, 0.4) is 0 Å². The number of hydrogen-bond donors (Lipinski definition) is 1. The maximum atomic E-state index is 12.1. The molecule has 0 spiro atoms. The van der Waals surface area contributed by atoms with Crippen molar-refractivity contribution in [1.29, 1.82) is 0 Å². The Morgan fingerprint density at radius 3 is 2.33 bits per heavy atom. The first-order valence-electron chi connectivity index (χ1n) is 5.68. The summed E-state index contributed by atoms with van der Waals surface area (Å²) in [4.78, 5) is 0.310. The summed E-state index contributed by atoms with van der Waals surface area (Å²) < 4.78 is 35.2. The second-order valence-corrected chi connectivity index (χ2v) is 6.38. The van der Waals surface area contributed by atoms with Gasteiger partial charge in [0, 0.05) is 40.3 Å². The van der Waals surface area contributed by atoms with Crippen LogP contribution < -0.4 is 5.73 Å². The minimum Gasteiger partial charge on any atom is -0.393 e. The lowest BCUT2D eigenvalue weighted by molar-refractivity contribution is 0.179. The highest BCUT2D eigenvalue weighted by atomic mass is 32.2. The van der Waals surface area contributed by atoms with Crippen LogP contribution in [0.15, 0.2) is 0 Å². The number of sulfonamides is 1. The van der Waals surface area contributed by atoms with Gasteiger partial charge in [0.2, 0.25) is 10.0 Å². The first kappa shape index (κ1) is 17.7. The Bertz CT molecular complexity index is 333. The van der Waals surface area contributed by atoms with Crippen LogP contribution in [0.1, 0.15) is 12.8 Å². The summed E-state index contributed by atoms with van der Waals surface area (Å²) in [5.74, 6) is 0.0574. The number of thiocarbonyl (C=S) groups is 1. The molecule has 0 rings (SSSR count). The highest BCUT2D eigenvalue weighted by Gasteiger charge is 2.21. The van der Waals surface area contributed by atoms with Crippen LogP contribution in [0, 0.1) is 0 Å². The number of ether oxygens (including phenoxy) is 2. The molecule has 0 saturated carbocycles. The molecule has 0 atom stereocenters. The third-order valence-electron chi connectivity index (χ3n) is 2.30. The highest BCUT2D eigenvalue weighted by molar-refractivity contribution is 7.89. The van der Waals surface area contributed by atoms with Crippen molar-refractivity contribution < 1.29 is 17.9 Å². The molecule has 0 saturated heterocycles. The van der Waals surface area contributed by atoms with Crippen molar-refractivity contribution in [3.8, 4) is 0 Å². The summed E-state index contributed by atoms with van der Waals surface area (Å²) in [5, 5.41) is 0. The van der Waals surface area contributed by atoms with Gasteiger partial charge < -0.3 is 15.2 Å². The normalized spacial score (nSPS) is 11.9. The van der Waals surface area contributed by atoms with Crippen LogP contribution in [-0.2, 0) is 19.5 Å². The Hall–Kier alpha value is -0.280. The van der Waals surface area contributed by atoms with Gasteiger partial charge in [0.15, 0.2) is 0 Å². The molecular weight excluding hydrogens is 276 g/mol. The zero-order chi connectivity index (χ0) is 14.0. The third-order valence-corrected chi connectivity index (χ3v) is 4.46. The van der Waals surface area contributed by atoms with Gasteiger partial charge in [-0.05, 0) is 6.42 Å². The summed E-state index contributed by atoms with van der Waals surface area (Å²) in [7, 11) is -0.230. The summed E-state index contributed by atoms with van der Waals surface area (Å²) in [6.07, 6.45) is 0.845. The van der Waals surface area contributed by atoms with E-state index in [1.54, 1.807) is 7.11 Å². The van der Waals surface area contributed by atoms with Gasteiger partial charge in [-0.25, -0.2) is 8.42 Å². The van der Waals surface area contributed by atoms with Crippen molar-refractivity contribution in [2.24, 2.45) is 5.73 Å². The fourth-order valence-electron chi connectivity index (χ4n) is 1.33. The second kappa shape index (κ2) is 9.62. The standard InChI is InChI=1S/C10H22N2O4S2/c1-15-7-3-9-18(13,14)12(6-8-16-2)5-4-10(11)17/h3-9H2,1-2H3,(H2,11,17). The van der Waals surface area contributed by atoms with Crippen molar-refractivity contribution >= 4 is 27.2 Å². The smallest absolute Gasteiger partial charge is 0.214 e. The Kier molecular flexibility index (Phi) is 9.47. The van der Waals surface area contributed by atoms with Crippen LogP contribution in [0.4, 0.5) is 0 Å². The molecule has 8 heteroatoms. The van der Waals surface area contributed by atoms with E-state index in [0.29, 0.717) is 44.1 Å². The van der Waals surface area contributed by atoms with Crippen LogP contribution in [0.5, 0.6) is 0 Å². The maximum Gasteiger partial charge on any atom is 0.214 e. The average Bonchev–Trinajstić information content (AvgIpc) is 2.28. The number of nitrogens with zero attached hydrogens (tertiary/aromatic N) is 1. The lowest BCUT2D eigenvalue weighted by Crippen LogP contribution is -2.37. The maximum absolute atomic E-state index is 12.1. The van der Waals surface area contributed by atoms with Gasteiger partial charge in [0.1, 0.15) is 0 Å². The van der Waals surface area contributed by atoms with Gasteiger partial charge >= 0.3 is 0 Å².